The van der Waals surface area contributed by atoms with Crippen LogP contribution in [0.1, 0.15) is 28.8 Å². The highest BCUT2D eigenvalue weighted by molar-refractivity contribution is 7.92. The van der Waals surface area contributed by atoms with Crippen molar-refractivity contribution in [1.29, 1.82) is 0 Å². The van der Waals surface area contributed by atoms with Crippen LogP contribution in [-0.4, -0.2) is 47.2 Å². The van der Waals surface area contributed by atoms with Gasteiger partial charge in [-0.25, -0.2) is 16.8 Å². The van der Waals surface area contributed by atoms with E-state index < -0.39 is 26.0 Å². The molecule has 1 saturated heterocycles. The number of benzene rings is 3. The van der Waals surface area contributed by atoms with Crippen molar-refractivity contribution < 1.29 is 26.4 Å². The first-order valence-corrected chi connectivity index (χ1v) is 14.2. The van der Waals surface area contributed by atoms with E-state index in [9.17, 15) is 21.6 Å². The normalized spacial score (nSPS) is 14.4. The molecule has 4 rings (SSSR count). The zero-order valence-corrected chi connectivity index (χ0v) is 21.5. The average Bonchev–Trinajstić information content (AvgIpc) is 3.41. The van der Waals surface area contributed by atoms with E-state index in [2.05, 4.69) is 10.0 Å². The van der Waals surface area contributed by atoms with Gasteiger partial charge in [-0.15, -0.1) is 0 Å². The molecule has 0 aromatic heterocycles. The fraction of sp³-hybridized carbons (Fsp3) is 0.240. The molecule has 0 saturated carbocycles. The summed E-state index contributed by atoms with van der Waals surface area (Å²) in [5, 5.41) is 2.71. The third kappa shape index (κ3) is 5.53. The van der Waals surface area contributed by atoms with Gasteiger partial charge in [0.15, 0.2) is 0 Å². The van der Waals surface area contributed by atoms with Gasteiger partial charge in [0.05, 0.1) is 16.9 Å². The molecule has 190 valence electrons. The molecule has 0 unspecified atom stereocenters. The lowest BCUT2D eigenvalue weighted by Crippen LogP contribution is -2.28. The Bertz CT molecular complexity index is 1460. The van der Waals surface area contributed by atoms with E-state index in [1.807, 2.05) is 0 Å². The Hall–Kier alpha value is -3.41. The lowest BCUT2D eigenvalue weighted by atomic mass is 10.1. The van der Waals surface area contributed by atoms with Gasteiger partial charge < -0.3 is 10.1 Å². The highest BCUT2D eigenvalue weighted by atomic mass is 32.2. The monoisotopic (exact) mass is 529 g/mol. The second-order valence-electron chi connectivity index (χ2n) is 8.40. The van der Waals surface area contributed by atoms with E-state index in [0.29, 0.717) is 35.8 Å². The molecule has 11 heteroatoms. The lowest BCUT2D eigenvalue weighted by Gasteiger charge is -2.17. The minimum absolute atomic E-state index is 0.0196. The van der Waals surface area contributed by atoms with Crippen LogP contribution in [0.4, 0.5) is 11.4 Å². The van der Waals surface area contributed by atoms with Gasteiger partial charge in [0.1, 0.15) is 5.75 Å². The number of methoxy groups -OCH3 is 1. The number of aryl methyl sites for hydroxylation is 1. The molecule has 3 aromatic carbocycles. The van der Waals surface area contributed by atoms with Gasteiger partial charge in [0.25, 0.3) is 15.9 Å². The number of rotatable bonds is 8. The summed E-state index contributed by atoms with van der Waals surface area (Å²) in [6.07, 6.45) is 1.64. The predicted molar refractivity (Wildman–Crippen MR) is 137 cm³/mol. The Kier molecular flexibility index (Phi) is 7.34. The summed E-state index contributed by atoms with van der Waals surface area (Å²) >= 11 is 0. The van der Waals surface area contributed by atoms with Crippen molar-refractivity contribution in [1.82, 2.24) is 4.31 Å². The smallest absolute Gasteiger partial charge is 0.261 e. The minimum Gasteiger partial charge on any atom is -0.497 e. The Morgan fingerprint density at radius 2 is 1.42 bits per heavy atom. The third-order valence-electron chi connectivity index (χ3n) is 5.92. The molecule has 1 amide bonds. The SMILES string of the molecule is COc1ccc(NS(=O)(=O)c2ccc(NC(=O)c3cc(S(=O)(=O)N4CCCC4)ccc3C)cc2)cc1. The number of hydrogen-bond acceptors (Lipinski definition) is 6. The van der Waals surface area contributed by atoms with E-state index >= 15 is 0 Å². The molecule has 2 N–H and O–H groups in total. The molecule has 1 heterocycles. The van der Waals surface area contributed by atoms with Gasteiger partial charge in [0, 0.05) is 30.0 Å². The quantitative estimate of drug-likeness (QED) is 0.457. The second kappa shape index (κ2) is 10.3. The summed E-state index contributed by atoms with van der Waals surface area (Å²) in [5.41, 5.74) is 1.60. The first-order chi connectivity index (χ1) is 17.1. The van der Waals surface area contributed by atoms with Crippen LogP contribution >= 0.6 is 0 Å². The number of sulfonamides is 2. The van der Waals surface area contributed by atoms with Gasteiger partial charge in [-0.2, -0.15) is 4.31 Å². The van der Waals surface area contributed by atoms with Gasteiger partial charge in [-0.3, -0.25) is 9.52 Å². The maximum Gasteiger partial charge on any atom is 0.261 e. The van der Waals surface area contributed by atoms with E-state index in [4.69, 9.17) is 4.74 Å². The molecular formula is C25H27N3O6S2. The fourth-order valence-electron chi connectivity index (χ4n) is 3.87. The Morgan fingerprint density at radius 3 is 2.03 bits per heavy atom. The minimum atomic E-state index is -3.84. The molecular weight excluding hydrogens is 502 g/mol. The molecule has 0 bridgehead atoms. The molecule has 9 nitrogen and oxygen atoms in total. The molecule has 0 aliphatic carbocycles. The molecule has 3 aromatic rings. The first kappa shape index (κ1) is 25.7. The fourth-order valence-corrected chi connectivity index (χ4v) is 6.48. The molecule has 1 aliphatic heterocycles. The largest absolute Gasteiger partial charge is 0.497 e. The van der Waals surface area contributed by atoms with Crippen LogP contribution < -0.4 is 14.8 Å². The summed E-state index contributed by atoms with van der Waals surface area (Å²) in [7, 11) is -5.98. The van der Waals surface area contributed by atoms with Crippen LogP contribution in [0.5, 0.6) is 5.75 Å². The van der Waals surface area contributed by atoms with Crippen LogP contribution in [-0.2, 0) is 20.0 Å². The number of nitrogens with one attached hydrogen (secondary N) is 2. The van der Waals surface area contributed by atoms with Crippen LogP contribution in [0, 0.1) is 6.92 Å². The summed E-state index contributed by atoms with van der Waals surface area (Å²) in [6, 6.07) is 16.7. The topological polar surface area (TPSA) is 122 Å². The van der Waals surface area contributed by atoms with E-state index in [-0.39, 0.29) is 15.4 Å². The Morgan fingerprint density at radius 1 is 0.833 bits per heavy atom. The van der Waals surface area contributed by atoms with Crippen molar-refractivity contribution >= 4 is 37.3 Å². The molecule has 0 spiro atoms. The van der Waals surface area contributed by atoms with Crippen LogP contribution in [0.3, 0.4) is 0 Å². The number of ether oxygens (including phenoxy) is 1. The van der Waals surface area contributed by atoms with Crippen molar-refractivity contribution in [3.8, 4) is 5.75 Å². The second-order valence-corrected chi connectivity index (χ2v) is 12.0. The van der Waals surface area contributed by atoms with E-state index in [1.54, 1.807) is 37.3 Å². The zero-order valence-electron chi connectivity index (χ0n) is 19.9. The number of carbonyl (C=O) groups is 1. The van der Waals surface area contributed by atoms with E-state index in [0.717, 1.165) is 12.8 Å². The van der Waals surface area contributed by atoms with Crippen molar-refractivity contribution in [2.75, 3.05) is 30.2 Å². The van der Waals surface area contributed by atoms with Crippen LogP contribution in [0.25, 0.3) is 0 Å². The van der Waals surface area contributed by atoms with Gasteiger partial charge >= 0.3 is 0 Å². The highest BCUT2D eigenvalue weighted by Gasteiger charge is 2.28. The predicted octanol–water partition coefficient (Wildman–Crippen LogP) is 3.84. The number of carbonyl (C=O) groups excluding carboxylic acids is 1. The summed E-state index contributed by atoms with van der Waals surface area (Å²) in [6.45, 7) is 2.67. The number of nitrogens with zero attached hydrogens (tertiary/aromatic N) is 1. The molecule has 36 heavy (non-hydrogen) atoms. The average molecular weight is 530 g/mol. The number of amides is 1. The highest BCUT2D eigenvalue weighted by Crippen LogP contribution is 2.25. The van der Waals surface area contributed by atoms with E-state index in [1.165, 1.54) is 47.8 Å². The summed E-state index contributed by atoms with van der Waals surface area (Å²) in [5.74, 6) is 0.116. The van der Waals surface area contributed by atoms with Gasteiger partial charge in [-0.05, 0) is 86.0 Å². The standard InChI is InChI=1S/C25H27N3O6S2/c1-18-5-12-23(36(32,33)28-15-3-4-16-28)17-24(18)25(29)26-19-8-13-22(14-9-19)35(30,31)27-20-6-10-21(34-2)11-7-20/h5-14,17,27H,3-4,15-16H2,1-2H3,(H,26,29). The molecule has 0 atom stereocenters. The molecule has 0 radical (unpaired) electrons. The van der Waals surface area contributed by atoms with Crippen molar-refractivity contribution in [3.05, 3.63) is 77.9 Å². The first-order valence-electron chi connectivity index (χ1n) is 11.3. The van der Waals surface area contributed by atoms with Crippen molar-refractivity contribution in [2.24, 2.45) is 0 Å². The van der Waals surface area contributed by atoms with Crippen molar-refractivity contribution in [2.45, 2.75) is 29.6 Å². The zero-order chi connectivity index (χ0) is 25.9. The molecule has 1 aliphatic rings. The lowest BCUT2D eigenvalue weighted by molar-refractivity contribution is 0.102. The third-order valence-corrected chi connectivity index (χ3v) is 9.21. The summed E-state index contributed by atoms with van der Waals surface area (Å²) < 4.78 is 60.2. The van der Waals surface area contributed by atoms with Gasteiger partial charge in [0.2, 0.25) is 10.0 Å². The van der Waals surface area contributed by atoms with Crippen molar-refractivity contribution in [3.63, 3.8) is 0 Å². The Labute approximate surface area is 211 Å². The van der Waals surface area contributed by atoms with Crippen LogP contribution in [0.15, 0.2) is 76.5 Å². The number of hydrogen-bond donors (Lipinski definition) is 2. The number of anilines is 2. The van der Waals surface area contributed by atoms with Crippen LogP contribution in [0.2, 0.25) is 0 Å². The maximum atomic E-state index is 13.0. The maximum absolute atomic E-state index is 13.0. The van der Waals surface area contributed by atoms with Gasteiger partial charge in [-0.1, -0.05) is 6.07 Å². The Balaban J connectivity index is 1.48. The molecule has 1 fully saturated rings. The summed E-state index contributed by atoms with van der Waals surface area (Å²) in [4.78, 5) is 13.0.